The Morgan fingerprint density at radius 1 is 0.792 bits per heavy atom. The average Bonchev–Trinajstić information content (AvgIpc) is 2.90. The number of carbonyl (C=O) groups excluding carboxylic acids is 2. The van der Waals surface area contributed by atoms with Gasteiger partial charge in [-0.2, -0.15) is 0 Å². The van der Waals surface area contributed by atoms with Gasteiger partial charge in [0.05, 0.1) is 5.69 Å². The van der Waals surface area contributed by atoms with Crippen molar-refractivity contribution in [3.8, 4) is 0 Å². The van der Waals surface area contributed by atoms with E-state index in [1.807, 2.05) is 60.7 Å². The number of nitrogens with zero attached hydrogens (tertiary/aromatic N) is 1. The lowest BCUT2D eigenvalue weighted by Gasteiger charge is -2.13. The van der Waals surface area contributed by atoms with Crippen molar-refractivity contribution in [3.63, 3.8) is 0 Å². The van der Waals surface area contributed by atoms with Gasteiger partial charge >= 0.3 is 0 Å². The summed E-state index contributed by atoms with van der Waals surface area (Å²) in [6.07, 6.45) is 1.63. The fourth-order valence-electron chi connectivity index (χ4n) is 2.78. The van der Waals surface area contributed by atoms with Crippen molar-refractivity contribution < 1.29 is 9.59 Å². The topological polar surface area (TPSA) is 49.4 Å². The number of rotatable bonds is 2. The molecule has 116 valence electrons. The maximum Gasteiger partial charge on any atom is 0.282 e. The van der Waals surface area contributed by atoms with Gasteiger partial charge in [-0.25, -0.2) is 5.01 Å². The molecule has 3 aromatic carbocycles. The SMILES string of the molecule is O=C1NN(c2ccccc2)C(=O)/C1=C\c1ccc2ccccc2c1. The molecule has 1 heterocycles. The number of para-hydroxylation sites is 1. The van der Waals surface area contributed by atoms with Gasteiger partial charge < -0.3 is 0 Å². The molecule has 1 N–H and O–H groups in total. The summed E-state index contributed by atoms with van der Waals surface area (Å²) in [5.74, 6) is -0.739. The van der Waals surface area contributed by atoms with Gasteiger partial charge in [0.15, 0.2) is 0 Å². The standard InChI is InChI=1S/C20H14N2O2/c23-19-18(20(24)22(21-19)17-8-2-1-3-9-17)13-14-10-11-15-6-4-5-7-16(15)12-14/h1-13H,(H,21,23)/b18-13-. The zero-order valence-corrected chi connectivity index (χ0v) is 12.8. The fraction of sp³-hybridized carbons (Fsp3) is 0. The lowest BCUT2D eigenvalue weighted by Crippen LogP contribution is -2.35. The van der Waals surface area contributed by atoms with Crippen molar-refractivity contribution >= 4 is 34.4 Å². The Balaban J connectivity index is 1.71. The van der Waals surface area contributed by atoms with Gasteiger partial charge in [-0.05, 0) is 40.6 Å². The van der Waals surface area contributed by atoms with Crippen molar-refractivity contribution in [2.75, 3.05) is 5.01 Å². The third kappa shape index (κ3) is 2.44. The van der Waals surface area contributed by atoms with Gasteiger partial charge in [0, 0.05) is 0 Å². The Kier molecular flexibility index (Phi) is 3.35. The molecule has 4 heteroatoms. The minimum atomic E-state index is -0.392. The molecule has 0 bridgehead atoms. The average molecular weight is 314 g/mol. The molecule has 0 atom stereocenters. The second kappa shape index (κ2) is 5.66. The molecule has 3 aromatic rings. The first kappa shape index (κ1) is 14.2. The first-order chi connectivity index (χ1) is 11.7. The fourth-order valence-corrected chi connectivity index (χ4v) is 2.78. The smallest absolute Gasteiger partial charge is 0.267 e. The van der Waals surface area contributed by atoms with Crippen molar-refractivity contribution in [1.82, 2.24) is 5.43 Å². The number of hydrogen-bond donors (Lipinski definition) is 1. The molecule has 0 aromatic heterocycles. The first-order valence-corrected chi connectivity index (χ1v) is 7.63. The van der Waals surface area contributed by atoms with E-state index in [-0.39, 0.29) is 11.5 Å². The number of nitrogens with one attached hydrogen (secondary N) is 1. The Bertz CT molecular complexity index is 977. The first-order valence-electron chi connectivity index (χ1n) is 7.63. The zero-order valence-electron chi connectivity index (χ0n) is 12.8. The molecule has 24 heavy (non-hydrogen) atoms. The van der Waals surface area contributed by atoms with E-state index in [1.54, 1.807) is 18.2 Å². The van der Waals surface area contributed by atoms with Crippen LogP contribution in [0, 0.1) is 0 Å². The van der Waals surface area contributed by atoms with Crippen molar-refractivity contribution in [1.29, 1.82) is 0 Å². The highest BCUT2D eigenvalue weighted by Gasteiger charge is 2.34. The molecule has 2 amide bonds. The lowest BCUT2D eigenvalue weighted by atomic mass is 10.0. The number of amides is 2. The Hall–Kier alpha value is -3.40. The van der Waals surface area contributed by atoms with Crippen LogP contribution in [-0.2, 0) is 9.59 Å². The van der Waals surface area contributed by atoms with Gasteiger partial charge in [-0.1, -0.05) is 54.6 Å². The molecule has 1 aliphatic rings. The van der Waals surface area contributed by atoms with Crippen LogP contribution in [0.15, 0.2) is 78.4 Å². The summed E-state index contributed by atoms with van der Waals surface area (Å²) in [6.45, 7) is 0. The monoisotopic (exact) mass is 314 g/mol. The van der Waals surface area contributed by atoms with E-state index in [0.717, 1.165) is 16.3 Å². The largest absolute Gasteiger partial charge is 0.282 e. The normalized spacial score (nSPS) is 16.0. The molecule has 0 saturated carbocycles. The molecule has 0 radical (unpaired) electrons. The van der Waals surface area contributed by atoms with Crippen LogP contribution in [0.2, 0.25) is 0 Å². The predicted molar refractivity (Wildman–Crippen MR) is 94.0 cm³/mol. The summed E-state index contributed by atoms with van der Waals surface area (Å²) in [5, 5.41) is 3.46. The van der Waals surface area contributed by atoms with Gasteiger partial charge in [0.25, 0.3) is 11.8 Å². The van der Waals surface area contributed by atoms with Gasteiger partial charge in [-0.3, -0.25) is 15.0 Å². The second-order valence-corrected chi connectivity index (χ2v) is 5.58. The number of anilines is 1. The highest BCUT2D eigenvalue weighted by atomic mass is 16.2. The number of benzene rings is 3. The van der Waals surface area contributed by atoms with E-state index < -0.39 is 5.91 Å². The van der Waals surface area contributed by atoms with Gasteiger partial charge in [0.2, 0.25) is 0 Å². The van der Waals surface area contributed by atoms with Crippen LogP contribution in [-0.4, -0.2) is 11.8 Å². The zero-order chi connectivity index (χ0) is 16.5. The van der Waals surface area contributed by atoms with Crippen molar-refractivity contribution in [3.05, 3.63) is 83.9 Å². The third-order valence-electron chi connectivity index (χ3n) is 3.99. The van der Waals surface area contributed by atoms with Crippen LogP contribution >= 0.6 is 0 Å². The minimum Gasteiger partial charge on any atom is -0.267 e. The molecule has 1 fully saturated rings. The quantitative estimate of drug-likeness (QED) is 0.583. The summed E-state index contributed by atoms with van der Waals surface area (Å²) in [6, 6.07) is 22.9. The predicted octanol–water partition coefficient (Wildman–Crippen LogP) is 3.30. The van der Waals surface area contributed by atoms with Crippen molar-refractivity contribution in [2.24, 2.45) is 0 Å². The van der Waals surface area contributed by atoms with Crippen LogP contribution in [0.4, 0.5) is 5.69 Å². The summed E-state index contributed by atoms with van der Waals surface area (Å²) in [5.41, 5.74) is 4.20. The van der Waals surface area contributed by atoms with Crippen LogP contribution in [0.1, 0.15) is 5.56 Å². The van der Waals surface area contributed by atoms with Crippen LogP contribution in [0.5, 0.6) is 0 Å². The molecule has 0 unspecified atom stereocenters. The molecule has 1 saturated heterocycles. The Morgan fingerprint density at radius 3 is 2.29 bits per heavy atom. The maximum atomic E-state index is 12.6. The minimum absolute atomic E-state index is 0.133. The van der Waals surface area contributed by atoms with E-state index in [4.69, 9.17) is 0 Å². The number of hydrogen-bond acceptors (Lipinski definition) is 2. The lowest BCUT2D eigenvalue weighted by molar-refractivity contribution is -0.117. The van der Waals surface area contributed by atoms with Crippen LogP contribution < -0.4 is 10.4 Å². The molecule has 0 spiro atoms. The Morgan fingerprint density at radius 2 is 1.50 bits per heavy atom. The summed E-state index contributed by atoms with van der Waals surface area (Å²) in [4.78, 5) is 24.8. The molecule has 4 rings (SSSR count). The number of hydrazine groups is 1. The second-order valence-electron chi connectivity index (χ2n) is 5.58. The highest BCUT2D eigenvalue weighted by molar-refractivity contribution is 6.31. The summed E-state index contributed by atoms with van der Waals surface area (Å²) >= 11 is 0. The molecular formula is C20H14N2O2. The van der Waals surface area contributed by atoms with E-state index in [1.165, 1.54) is 5.01 Å². The van der Waals surface area contributed by atoms with E-state index >= 15 is 0 Å². The van der Waals surface area contributed by atoms with E-state index in [0.29, 0.717) is 5.69 Å². The molecule has 0 aliphatic carbocycles. The molecule has 1 aliphatic heterocycles. The van der Waals surface area contributed by atoms with E-state index in [9.17, 15) is 9.59 Å². The Labute approximate surface area is 139 Å². The van der Waals surface area contributed by atoms with Crippen LogP contribution in [0.25, 0.3) is 16.8 Å². The molecule has 4 nitrogen and oxygen atoms in total. The van der Waals surface area contributed by atoms with Crippen molar-refractivity contribution in [2.45, 2.75) is 0 Å². The third-order valence-corrected chi connectivity index (χ3v) is 3.99. The maximum absolute atomic E-state index is 12.6. The van der Waals surface area contributed by atoms with Gasteiger partial charge in [0.1, 0.15) is 5.57 Å². The van der Waals surface area contributed by atoms with E-state index in [2.05, 4.69) is 5.43 Å². The number of carbonyl (C=O) groups is 2. The summed E-state index contributed by atoms with van der Waals surface area (Å²) in [7, 11) is 0. The highest BCUT2D eigenvalue weighted by Crippen LogP contribution is 2.22. The number of fused-ring (bicyclic) bond motifs is 1. The van der Waals surface area contributed by atoms with Crippen LogP contribution in [0.3, 0.4) is 0 Å². The summed E-state index contributed by atoms with van der Waals surface area (Å²) < 4.78 is 0. The molecular weight excluding hydrogens is 300 g/mol. The van der Waals surface area contributed by atoms with Gasteiger partial charge in [-0.15, -0.1) is 0 Å².